The molecule has 1 atom stereocenters. The number of nitrogens with one attached hydrogen (secondary N) is 2. The summed E-state index contributed by atoms with van der Waals surface area (Å²) in [6.07, 6.45) is 0.625. The molecule has 0 aliphatic rings. The third kappa shape index (κ3) is 3.44. The summed E-state index contributed by atoms with van der Waals surface area (Å²) >= 11 is 1.90. The van der Waals surface area contributed by atoms with Crippen LogP contribution in [0.15, 0.2) is 35.4 Å². The van der Waals surface area contributed by atoms with E-state index in [0.29, 0.717) is 15.1 Å². The first-order valence-corrected chi connectivity index (χ1v) is 6.66. The van der Waals surface area contributed by atoms with Gasteiger partial charge in [0.15, 0.2) is 0 Å². The van der Waals surface area contributed by atoms with Crippen molar-refractivity contribution in [1.29, 1.82) is 0 Å². The van der Waals surface area contributed by atoms with Gasteiger partial charge in [0.1, 0.15) is 9.39 Å². The summed E-state index contributed by atoms with van der Waals surface area (Å²) in [4.78, 5) is 17.9. The van der Waals surface area contributed by atoms with Gasteiger partial charge in [-0.3, -0.25) is 4.79 Å². The molecule has 7 heteroatoms. The molecule has 0 spiro atoms. The Kier molecular flexibility index (Phi) is 4.38. The number of hydrogen-bond donors (Lipinski definition) is 4. The van der Waals surface area contributed by atoms with Gasteiger partial charge in [0.2, 0.25) is 0 Å². The standard InChI is InChI=1S/C12H13IN4O2/c13-10-11(16-6-17-12(10)19)15-5-9(18)7-1-3-8(14)4-2-7/h1-4,6,9,18H,5,14H2,(H2,15,16,17,19). The summed E-state index contributed by atoms with van der Waals surface area (Å²) in [5.41, 5.74) is 6.77. The van der Waals surface area contributed by atoms with E-state index < -0.39 is 6.10 Å². The van der Waals surface area contributed by atoms with E-state index in [9.17, 15) is 9.90 Å². The molecule has 0 aliphatic carbocycles. The van der Waals surface area contributed by atoms with Crippen LogP contribution in [0.1, 0.15) is 11.7 Å². The number of nitrogen functional groups attached to an aromatic ring is 1. The van der Waals surface area contributed by atoms with Crippen molar-refractivity contribution in [2.24, 2.45) is 0 Å². The lowest BCUT2D eigenvalue weighted by atomic mass is 10.1. The normalized spacial score (nSPS) is 12.1. The summed E-state index contributed by atoms with van der Waals surface area (Å²) in [6, 6.07) is 6.98. The summed E-state index contributed by atoms with van der Waals surface area (Å²) in [7, 11) is 0. The average Bonchev–Trinajstić information content (AvgIpc) is 2.41. The van der Waals surface area contributed by atoms with E-state index in [-0.39, 0.29) is 12.1 Å². The molecule has 100 valence electrons. The van der Waals surface area contributed by atoms with Crippen LogP contribution >= 0.6 is 22.6 Å². The number of aromatic amines is 1. The number of aromatic nitrogens is 2. The zero-order chi connectivity index (χ0) is 13.8. The van der Waals surface area contributed by atoms with Crippen LogP contribution in [0.4, 0.5) is 11.5 Å². The number of aliphatic hydroxyl groups excluding tert-OH is 1. The molecule has 0 aliphatic heterocycles. The number of halogens is 1. The van der Waals surface area contributed by atoms with Crippen molar-refractivity contribution in [3.05, 3.63) is 50.1 Å². The number of anilines is 2. The molecule has 0 saturated carbocycles. The van der Waals surface area contributed by atoms with E-state index in [0.717, 1.165) is 5.56 Å². The molecule has 2 rings (SSSR count). The van der Waals surface area contributed by atoms with E-state index in [1.807, 2.05) is 22.6 Å². The minimum atomic E-state index is -0.697. The van der Waals surface area contributed by atoms with Gasteiger partial charge in [-0.2, -0.15) is 0 Å². The Morgan fingerprint density at radius 1 is 1.42 bits per heavy atom. The van der Waals surface area contributed by atoms with Crippen molar-refractivity contribution in [2.45, 2.75) is 6.10 Å². The lowest BCUT2D eigenvalue weighted by Crippen LogP contribution is -2.18. The Balaban J connectivity index is 2.04. The van der Waals surface area contributed by atoms with Gasteiger partial charge in [-0.15, -0.1) is 0 Å². The number of aliphatic hydroxyl groups is 1. The number of benzene rings is 1. The Labute approximate surface area is 123 Å². The van der Waals surface area contributed by atoms with Crippen molar-refractivity contribution in [1.82, 2.24) is 9.97 Å². The highest BCUT2D eigenvalue weighted by atomic mass is 127. The maximum absolute atomic E-state index is 11.4. The molecule has 19 heavy (non-hydrogen) atoms. The second kappa shape index (κ2) is 6.02. The van der Waals surface area contributed by atoms with Gasteiger partial charge in [-0.25, -0.2) is 4.98 Å². The van der Waals surface area contributed by atoms with Crippen LogP contribution in [0.5, 0.6) is 0 Å². The van der Waals surface area contributed by atoms with Crippen LogP contribution in [-0.4, -0.2) is 21.6 Å². The largest absolute Gasteiger partial charge is 0.399 e. The first kappa shape index (κ1) is 13.8. The van der Waals surface area contributed by atoms with Crippen LogP contribution in [0, 0.1) is 3.57 Å². The van der Waals surface area contributed by atoms with Crippen LogP contribution < -0.4 is 16.6 Å². The van der Waals surface area contributed by atoms with Crippen molar-refractivity contribution in [3.8, 4) is 0 Å². The van der Waals surface area contributed by atoms with Gasteiger partial charge < -0.3 is 21.1 Å². The van der Waals surface area contributed by atoms with Gasteiger partial charge in [0, 0.05) is 12.2 Å². The maximum atomic E-state index is 11.4. The van der Waals surface area contributed by atoms with Crippen molar-refractivity contribution >= 4 is 34.1 Å². The summed E-state index contributed by atoms with van der Waals surface area (Å²) in [5.74, 6) is 0.457. The van der Waals surface area contributed by atoms with Gasteiger partial charge in [-0.1, -0.05) is 12.1 Å². The molecule has 6 nitrogen and oxygen atoms in total. The molecule has 1 unspecified atom stereocenters. The molecule has 2 aromatic rings. The van der Waals surface area contributed by atoms with Crippen molar-refractivity contribution in [2.75, 3.05) is 17.6 Å². The zero-order valence-electron chi connectivity index (χ0n) is 9.93. The highest BCUT2D eigenvalue weighted by Crippen LogP contribution is 2.16. The quantitative estimate of drug-likeness (QED) is 0.476. The SMILES string of the molecule is Nc1ccc(C(O)CNc2nc[nH]c(=O)c2I)cc1. The Bertz CT molecular complexity index is 612. The Hall–Kier alpha value is -1.61. The molecule has 0 bridgehead atoms. The molecular formula is C12H13IN4O2. The third-order valence-corrected chi connectivity index (χ3v) is 3.58. The summed E-state index contributed by atoms with van der Waals surface area (Å²) in [6.45, 7) is 0.260. The second-order valence-corrected chi connectivity index (χ2v) is 5.04. The molecule has 1 heterocycles. The molecule has 0 radical (unpaired) electrons. The number of H-pyrrole nitrogens is 1. The van der Waals surface area contributed by atoms with E-state index in [4.69, 9.17) is 5.73 Å². The fourth-order valence-electron chi connectivity index (χ4n) is 1.54. The molecule has 5 N–H and O–H groups in total. The Morgan fingerprint density at radius 3 is 2.79 bits per heavy atom. The Morgan fingerprint density at radius 2 is 2.11 bits per heavy atom. The topological polar surface area (TPSA) is 104 Å². The van der Waals surface area contributed by atoms with Gasteiger partial charge in [-0.05, 0) is 40.3 Å². The number of rotatable bonds is 4. The number of nitrogens with zero attached hydrogens (tertiary/aromatic N) is 1. The van der Waals surface area contributed by atoms with Crippen LogP contribution in [0.2, 0.25) is 0 Å². The summed E-state index contributed by atoms with van der Waals surface area (Å²) < 4.78 is 0.463. The van der Waals surface area contributed by atoms with Crippen LogP contribution in [-0.2, 0) is 0 Å². The van der Waals surface area contributed by atoms with Crippen molar-refractivity contribution in [3.63, 3.8) is 0 Å². The predicted octanol–water partition coefficient (Wildman–Crippen LogP) is 1.10. The zero-order valence-corrected chi connectivity index (χ0v) is 12.1. The smallest absolute Gasteiger partial charge is 0.266 e. The predicted molar refractivity (Wildman–Crippen MR) is 81.9 cm³/mol. The molecule has 1 aromatic heterocycles. The molecule has 0 amide bonds. The second-order valence-electron chi connectivity index (χ2n) is 3.96. The fourth-order valence-corrected chi connectivity index (χ4v) is 2.02. The maximum Gasteiger partial charge on any atom is 0.266 e. The van der Waals surface area contributed by atoms with E-state index in [1.165, 1.54) is 6.33 Å². The lowest BCUT2D eigenvalue weighted by molar-refractivity contribution is 0.191. The first-order chi connectivity index (χ1) is 9.08. The molecule has 1 aromatic carbocycles. The first-order valence-electron chi connectivity index (χ1n) is 5.58. The van der Waals surface area contributed by atoms with Crippen LogP contribution in [0.3, 0.4) is 0 Å². The third-order valence-electron chi connectivity index (χ3n) is 2.58. The van der Waals surface area contributed by atoms with E-state index in [2.05, 4.69) is 15.3 Å². The highest BCUT2D eigenvalue weighted by Gasteiger charge is 2.10. The molecule has 0 fully saturated rings. The minimum absolute atomic E-state index is 0.208. The lowest BCUT2D eigenvalue weighted by Gasteiger charge is -2.13. The fraction of sp³-hybridized carbons (Fsp3) is 0.167. The average molecular weight is 372 g/mol. The number of nitrogens with two attached hydrogens (primary N) is 1. The van der Waals surface area contributed by atoms with Crippen molar-refractivity contribution < 1.29 is 5.11 Å². The molecular weight excluding hydrogens is 359 g/mol. The van der Waals surface area contributed by atoms with E-state index >= 15 is 0 Å². The van der Waals surface area contributed by atoms with Crippen LogP contribution in [0.25, 0.3) is 0 Å². The molecule has 0 saturated heterocycles. The van der Waals surface area contributed by atoms with E-state index in [1.54, 1.807) is 24.3 Å². The van der Waals surface area contributed by atoms with Gasteiger partial charge in [0.05, 0.1) is 12.4 Å². The summed E-state index contributed by atoms with van der Waals surface area (Å²) in [5, 5.41) is 13.0. The van der Waals surface area contributed by atoms with Gasteiger partial charge >= 0.3 is 0 Å². The van der Waals surface area contributed by atoms with Gasteiger partial charge in [0.25, 0.3) is 5.56 Å². The highest BCUT2D eigenvalue weighted by molar-refractivity contribution is 14.1. The number of hydrogen-bond acceptors (Lipinski definition) is 5. The monoisotopic (exact) mass is 372 g/mol. The minimum Gasteiger partial charge on any atom is -0.399 e.